The first-order chi connectivity index (χ1) is 6.70. The molecule has 0 aromatic carbocycles. The number of rotatable bonds is 8. The van der Waals surface area contributed by atoms with E-state index in [-0.39, 0.29) is 11.0 Å². The SMILES string of the molecule is COC(C)(CCCOCC1CO1)OC.[SiH4]. The highest BCUT2D eigenvalue weighted by Crippen LogP contribution is 2.17. The highest BCUT2D eigenvalue weighted by molar-refractivity contribution is 5.75. The third-order valence-corrected chi connectivity index (χ3v) is 2.49. The Balaban J connectivity index is 0.00000196. The third kappa shape index (κ3) is 6.27. The standard InChI is InChI=1S/C10H20O4.H4Si/c1-10(11-2,12-3)5-4-6-13-7-9-8-14-9;/h9H,4-8H2,1-3H3;1H4. The van der Waals surface area contributed by atoms with Crippen LogP contribution in [0.4, 0.5) is 0 Å². The average molecular weight is 236 g/mol. The minimum absolute atomic E-state index is 0. The maximum Gasteiger partial charge on any atom is 0.164 e. The lowest BCUT2D eigenvalue weighted by atomic mass is 10.2. The van der Waals surface area contributed by atoms with Crippen LogP contribution < -0.4 is 0 Å². The van der Waals surface area contributed by atoms with Crippen molar-refractivity contribution in [3.05, 3.63) is 0 Å². The molecule has 4 nitrogen and oxygen atoms in total. The van der Waals surface area contributed by atoms with Gasteiger partial charge in [0, 0.05) is 27.2 Å². The Morgan fingerprint density at radius 2 is 1.93 bits per heavy atom. The topological polar surface area (TPSA) is 40.2 Å². The molecule has 92 valence electrons. The van der Waals surface area contributed by atoms with Crippen LogP contribution >= 0.6 is 0 Å². The van der Waals surface area contributed by atoms with E-state index >= 15 is 0 Å². The number of epoxide rings is 1. The second kappa shape index (κ2) is 7.35. The second-order valence-corrected chi connectivity index (χ2v) is 3.68. The van der Waals surface area contributed by atoms with Crippen molar-refractivity contribution < 1.29 is 18.9 Å². The molecule has 15 heavy (non-hydrogen) atoms. The summed E-state index contributed by atoms with van der Waals surface area (Å²) in [6, 6.07) is 0. The zero-order chi connectivity index (χ0) is 10.4. The monoisotopic (exact) mass is 236 g/mol. The summed E-state index contributed by atoms with van der Waals surface area (Å²) in [5.74, 6) is -0.473. The van der Waals surface area contributed by atoms with Crippen molar-refractivity contribution in [3.8, 4) is 0 Å². The van der Waals surface area contributed by atoms with Crippen LogP contribution in [0, 0.1) is 0 Å². The summed E-state index contributed by atoms with van der Waals surface area (Å²) in [6.45, 7) is 4.24. The van der Waals surface area contributed by atoms with Gasteiger partial charge in [-0.25, -0.2) is 0 Å². The van der Waals surface area contributed by atoms with Crippen molar-refractivity contribution >= 4 is 11.0 Å². The van der Waals surface area contributed by atoms with Gasteiger partial charge in [0.1, 0.15) is 6.10 Å². The van der Waals surface area contributed by atoms with Gasteiger partial charge in [-0.2, -0.15) is 0 Å². The normalized spacial score (nSPS) is 19.8. The van der Waals surface area contributed by atoms with E-state index in [4.69, 9.17) is 18.9 Å². The molecule has 1 aliphatic rings. The summed E-state index contributed by atoms with van der Waals surface area (Å²) in [5.41, 5.74) is 0. The Morgan fingerprint density at radius 1 is 1.33 bits per heavy atom. The van der Waals surface area contributed by atoms with Gasteiger partial charge in [-0.1, -0.05) is 0 Å². The van der Waals surface area contributed by atoms with Crippen molar-refractivity contribution in [2.45, 2.75) is 31.7 Å². The summed E-state index contributed by atoms with van der Waals surface area (Å²) in [5, 5.41) is 0. The summed E-state index contributed by atoms with van der Waals surface area (Å²) in [6.07, 6.45) is 2.13. The second-order valence-electron chi connectivity index (χ2n) is 3.68. The van der Waals surface area contributed by atoms with E-state index in [0.29, 0.717) is 6.10 Å². The van der Waals surface area contributed by atoms with Crippen molar-refractivity contribution in [2.24, 2.45) is 0 Å². The molecule has 0 radical (unpaired) electrons. The van der Waals surface area contributed by atoms with Gasteiger partial charge in [-0.3, -0.25) is 0 Å². The average Bonchev–Trinajstić information content (AvgIpc) is 3.01. The van der Waals surface area contributed by atoms with Crippen molar-refractivity contribution in [1.82, 2.24) is 0 Å². The minimum Gasteiger partial charge on any atom is -0.379 e. The summed E-state index contributed by atoms with van der Waals surface area (Å²) < 4.78 is 20.9. The van der Waals surface area contributed by atoms with E-state index in [9.17, 15) is 0 Å². The van der Waals surface area contributed by atoms with Gasteiger partial charge in [0.15, 0.2) is 5.79 Å². The lowest BCUT2D eigenvalue weighted by molar-refractivity contribution is -0.199. The zero-order valence-electron chi connectivity index (χ0n) is 9.25. The summed E-state index contributed by atoms with van der Waals surface area (Å²) >= 11 is 0. The molecule has 1 rings (SSSR count). The highest BCUT2D eigenvalue weighted by atomic mass is 28.1. The van der Waals surface area contributed by atoms with Gasteiger partial charge in [-0.15, -0.1) is 0 Å². The molecule has 0 aromatic rings. The summed E-state index contributed by atoms with van der Waals surface area (Å²) in [7, 11) is 3.31. The van der Waals surface area contributed by atoms with Crippen LogP contribution in [0.3, 0.4) is 0 Å². The Kier molecular flexibility index (Phi) is 7.38. The van der Waals surface area contributed by atoms with Crippen LogP contribution in [-0.4, -0.2) is 56.9 Å². The molecule has 1 aliphatic heterocycles. The molecule has 0 spiro atoms. The smallest absolute Gasteiger partial charge is 0.164 e. The van der Waals surface area contributed by atoms with E-state index in [2.05, 4.69) is 0 Å². The molecule has 0 saturated carbocycles. The fraction of sp³-hybridized carbons (Fsp3) is 1.00. The molecular weight excluding hydrogens is 212 g/mol. The first-order valence-electron chi connectivity index (χ1n) is 5.00. The van der Waals surface area contributed by atoms with E-state index in [1.54, 1.807) is 14.2 Å². The lowest BCUT2D eigenvalue weighted by Gasteiger charge is -2.26. The first kappa shape index (κ1) is 15.1. The molecule has 0 bridgehead atoms. The van der Waals surface area contributed by atoms with Gasteiger partial charge in [-0.05, 0) is 24.3 Å². The number of hydrogen-bond acceptors (Lipinski definition) is 4. The van der Waals surface area contributed by atoms with Crippen LogP contribution in [0.2, 0.25) is 0 Å². The molecule has 0 aliphatic carbocycles. The largest absolute Gasteiger partial charge is 0.379 e. The molecule has 5 heteroatoms. The van der Waals surface area contributed by atoms with Crippen LogP contribution in [0.5, 0.6) is 0 Å². The number of methoxy groups -OCH3 is 2. The maximum absolute atomic E-state index is 5.41. The predicted octanol–water partition coefficient (Wildman–Crippen LogP) is -0.261. The quantitative estimate of drug-likeness (QED) is 0.252. The Hall–Kier alpha value is 0.0569. The zero-order valence-corrected chi connectivity index (χ0v) is 9.25. The van der Waals surface area contributed by atoms with Crippen LogP contribution in [0.1, 0.15) is 19.8 Å². The third-order valence-electron chi connectivity index (χ3n) is 2.49. The molecule has 0 aromatic heterocycles. The van der Waals surface area contributed by atoms with Gasteiger partial charge < -0.3 is 18.9 Å². The molecule has 1 fully saturated rings. The fourth-order valence-electron chi connectivity index (χ4n) is 1.16. The van der Waals surface area contributed by atoms with Crippen molar-refractivity contribution in [2.75, 3.05) is 34.0 Å². The fourth-order valence-corrected chi connectivity index (χ4v) is 1.16. The molecule has 1 heterocycles. The molecular formula is C10H24O4Si. The minimum atomic E-state index is -0.473. The predicted molar refractivity (Wildman–Crippen MR) is 63.6 cm³/mol. The Bertz CT molecular complexity index is 158. The number of ether oxygens (including phenoxy) is 4. The van der Waals surface area contributed by atoms with E-state index < -0.39 is 5.79 Å². The molecule has 1 saturated heterocycles. The van der Waals surface area contributed by atoms with Gasteiger partial charge >= 0.3 is 0 Å². The molecule has 1 unspecified atom stereocenters. The van der Waals surface area contributed by atoms with Gasteiger partial charge in [0.05, 0.1) is 13.2 Å². The molecule has 1 atom stereocenters. The lowest BCUT2D eigenvalue weighted by Crippen LogP contribution is -2.29. The molecule has 0 amide bonds. The Morgan fingerprint density at radius 3 is 2.40 bits per heavy atom. The van der Waals surface area contributed by atoms with Crippen molar-refractivity contribution in [3.63, 3.8) is 0 Å². The number of hydrogen-bond donors (Lipinski definition) is 0. The van der Waals surface area contributed by atoms with Crippen LogP contribution in [0.15, 0.2) is 0 Å². The van der Waals surface area contributed by atoms with Gasteiger partial charge in [0.2, 0.25) is 0 Å². The van der Waals surface area contributed by atoms with E-state index in [1.165, 1.54) is 0 Å². The highest BCUT2D eigenvalue weighted by Gasteiger charge is 2.23. The summed E-state index contributed by atoms with van der Waals surface area (Å²) in [4.78, 5) is 0. The van der Waals surface area contributed by atoms with E-state index in [0.717, 1.165) is 32.7 Å². The van der Waals surface area contributed by atoms with E-state index in [1.807, 2.05) is 6.92 Å². The first-order valence-corrected chi connectivity index (χ1v) is 5.00. The van der Waals surface area contributed by atoms with Crippen LogP contribution in [-0.2, 0) is 18.9 Å². The van der Waals surface area contributed by atoms with Gasteiger partial charge in [0.25, 0.3) is 0 Å². The van der Waals surface area contributed by atoms with Crippen molar-refractivity contribution in [1.29, 1.82) is 0 Å². The maximum atomic E-state index is 5.41. The molecule has 0 N–H and O–H groups in total. The Labute approximate surface area is 96.2 Å². The van der Waals surface area contributed by atoms with Crippen LogP contribution in [0.25, 0.3) is 0 Å².